The molecule has 0 bridgehead atoms. The molecule has 6 N–H and O–H groups in total. The first-order valence-corrected chi connectivity index (χ1v) is 8.89. The zero-order valence-corrected chi connectivity index (χ0v) is 16.2. The predicted molar refractivity (Wildman–Crippen MR) is 111 cm³/mol. The number of nitrogens with zero attached hydrogens (tertiary/aromatic N) is 1. The Balaban J connectivity index is 1.98. The first kappa shape index (κ1) is 21.6. The highest BCUT2D eigenvalue weighted by molar-refractivity contribution is 6.14. The number of carbonyl (C=O) groups is 1. The second-order valence-electron chi connectivity index (χ2n) is 6.20. The van der Waals surface area contributed by atoms with E-state index in [4.69, 9.17) is 15.2 Å². The Morgan fingerprint density at radius 1 is 1.29 bits per heavy atom. The van der Waals surface area contributed by atoms with Gasteiger partial charge in [-0.25, -0.2) is 13.8 Å². The molecule has 0 radical (unpaired) electrons. The minimum Gasteiger partial charge on any atom is -0.451 e. The fraction of sp³-hybridized carbons (Fsp3) is 0.100. The van der Waals surface area contributed by atoms with Gasteiger partial charge in [0.1, 0.15) is 35.9 Å². The molecule has 11 heteroatoms. The summed E-state index contributed by atoms with van der Waals surface area (Å²) in [5, 5.41) is 32.5. The summed E-state index contributed by atoms with van der Waals surface area (Å²) in [5.41, 5.74) is -0.160. The van der Waals surface area contributed by atoms with E-state index in [2.05, 4.69) is 20.9 Å². The highest BCUT2D eigenvalue weighted by Gasteiger charge is 2.23. The van der Waals surface area contributed by atoms with Crippen LogP contribution in [-0.2, 0) is 0 Å². The number of benzene rings is 2. The Bertz CT molecular complexity index is 1150. The quantitative estimate of drug-likeness (QED) is 0.240. The summed E-state index contributed by atoms with van der Waals surface area (Å²) < 4.78 is 34.0. The van der Waals surface area contributed by atoms with Crippen LogP contribution in [-0.4, -0.2) is 41.7 Å². The van der Waals surface area contributed by atoms with Gasteiger partial charge in [0.25, 0.3) is 5.91 Å². The van der Waals surface area contributed by atoms with E-state index < -0.39 is 29.8 Å². The summed E-state index contributed by atoms with van der Waals surface area (Å²) in [4.78, 5) is 16.5. The number of halogens is 2. The topological polar surface area (TPSA) is 147 Å². The maximum absolute atomic E-state index is 14.7. The molecule has 3 rings (SSSR count). The highest BCUT2D eigenvalue weighted by atomic mass is 19.1. The van der Waals surface area contributed by atoms with Crippen LogP contribution in [0.15, 0.2) is 41.3 Å². The maximum Gasteiger partial charge on any atom is 0.261 e. The molecular weight excluding hydrogens is 410 g/mol. The third-order valence-corrected chi connectivity index (χ3v) is 4.40. The van der Waals surface area contributed by atoms with Gasteiger partial charge in [-0.15, -0.1) is 0 Å². The van der Waals surface area contributed by atoms with Gasteiger partial charge >= 0.3 is 0 Å². The molecule has 0 aliphatic heterocycles. The number of aliphatic hydroxyl groups excluding tert-OH is 1. The summed E-state index contributed by atoms with van der Waals surface area (Å²) in [6, 6.07) is 5.24. The van der Waals surface area contributed by atoms with Gasteiger partial charge in [-0.05, 0) is 24.3 Å². The Kier molecular flexibility index (Phi) is 6.36. The van der Waals surface area contributed by atoms with Crippen molar-refractivity contribution < 1.29 is 23.1 Å². The molecule has 1 heterocycles. The summed E-state index contributed by atoms with van der Waals surface area (Å²) in [6.45, 7) is -0.411. The smallest absolute Gasteiger partial charge is 0.261 e. The average Bonchev–Trinajstić information content (AvgIpc) is 3.29. The molecule has 0 saturated heterocycles. The van der Waals surface area contributed by atoms with Gasteiger partial charge in [0.05, 0.1) is 11.3 Å². The van der Waals surface area contributed by atoms with Gasteiger partial charge < -0.3 is 30.9 Å². The second-order valence-corrected chi connectivity index (χ2v) is 6.20. The van der Waals surface area contributed by atoms with Crippen LogP contribution < -0.4 is 16.0 Å². The van der Waals surface area contributed by atoms with E-state index >= 15 is 0 Å². The van der Waals surface area contributed by atoms with Crippen molar-refractivity contribution in [1.82, 2.24) is 4.98 Å². The molecule has 1 aromatic heterocycles. The standard InChI is InChI=1S/C20H18F2N6O3/c1-25-15-5-13(21)17(18(22)12(15)6-23)20(30)28-10-2-3-14(26-8-29)11(4-10)19(24)16-7-31-9-27-16/h2-7,9,23-26,29H,8H2,1H3,(H,28,30). The maximum atomic E-state index is 14.7. The number of anilines is 3. The largest absolute Gasteiger partial charge is 0.451 e. The number of nitrogens with one attached hydrogen (secondary N) is 5. The Morgan fingerprint density at radius 3 is 2.68 bits per heavy atom. The first-order chi connectivity index (χ1) is 14.9. The number of hydrogen-bond donors (Lipinski definition) is 6. The van der Waals surface area contributed by atoms with Crippen molar-refractivity contribution in [3.8, 4) is 0 Å². The van der Waals surface area contributed by atoms with Crippen molar-refractivity contribution in [1.29, 1.82) is 10.8 Å². The average molecular weight is 428 g/mol. The number of aromatic nitrogens is 1. The predicted octanol–water partition coefficient (Wildman–Crippen LogP) is 3.02. The minimum atomic E-state index is -1.18. The van der Waals surface area contributed by atoms with Crippen LogP contribution in [0.5, 0.6) is 0 Å². The van der Waals surface area contributed by atoms with Crippen molar-refractivity contribution in [2.75, 3.05) is 29.7 Å². The van der Waals surface area contributed by atoms with Crippen LogP contribution in [0.2, 0.25) is 0 Å². The van der Waals surface area contributed by atoms with Gasteiger partial charge in [-0.1, -0.05) is 0 Å². The lowest BCUT2D eigenvalue weighted by Gasteiger charge is -2.15. The Labute approximate surface area is 175 Å². The van der Waals surface area contributed by atoms with Crippen molar-refractivity contribution in [2.45, 2.75) is 0 Å². The minimum absolute atomic E-state index is 0.0318. The van der Waals surface area contributed by atoms with Crippen molar-refractivity contribution >= 4 is 34.9 Å². The molecule has 0 fully saturated rings. The lowest BCUT2D eigenvalue weighted by molar-refractivity contribution is 0.101. The van der Waals surface area contributed by atoms with Crippen molar-refractivity contribution in [2.24, 2.45) is 0 Å². The Hall–Kier alpha value is -4.12. The monoisotopic (exact) mass is 428 g/mol. The summed E-state index contributed by atoms with van der Waals surface area (Å²) in [6.07, 6.45) is 3.09. The molecule has 0 atom stereocenters. The SMILES string of the molecule is CNc1cc(F)c(C(=O)Nc2ccc(NCO)c(C(=N)c3cocn3)c2)c(F)c1C=N. The number of aliphatic hydroxyl groups is 1. The van der Waals surface area contributed by atoms with E-state index in [1.807, 2.05) is 0 Å². The normalized spacial score (nSPS) is 10.5. The first-order valence-electron chi connectivity index (χ1n) is 8.89. The molecule has 160 valence electrons. The van der Waals surface area contributed by atoms with Crippen LogP contribution in [0.3, 0.4) is 0 Å². The summed E-state index contributed by atoms with van der Waals surface area (Å²) in [7, 11) is 1.44. The van der Waals surface area contributed by atoms with E-state index in [-0.39, 0.29) is 33.9 Å². The zero-order chi connectivity index (χ0) is 22.5. The molecule has 0 saturated carbocycles. The summed E-state index contributed by atoms with van der Waals surface area (Å²) >= 11 is 0. The van der Waals surface area contributed by atoms with Gasteiger partial charge in [0.15, 0.2) is 6.39 Å². The third kappa shape index (κ3) is 4.26. The lowest BCUT2D eigenvalue weighted by Crippen LogP contribution is -2.18. The highest BCUT2D eigenvalue weighted by Crippen LogP contribution is 2.27. The molecule has 0 spiro atoms. The molecule has 1 amide bonds. The number of hydrogen-bond acceptors (Lipinski definition) is 8. The summed E-state index contributed by atoms with van der Waals surface area (Å²) in [5.74, 6) is -3.34. The lowest BCUT2D eigenvalue weighted by atomic mass is 10.0. The van der Waals surface area contributed by atoms with Gasteiger partial charge in [0, 0.05) is 35.9 Å². The number of carbonyl (C=O) groups excluding carboxylic acids is 1. The van der Waals surface area contributed by atoms with E-state index in [0.29, 0.717) is 11.9 Å². The van der Waals surface area contributed by atoms with E-state index in [1.54, 1.807) is 0 Å². The van der Waals surface area contributed by atoms with Crippen LogP contribution in [0, 0.1) is 22.5 Å². The number of oxazole rings is 1. The zero-order valence-electron chi connectivity index (χ0n) is 16.2. The van der Waals surface area contributed by atoms with Gasteiger partial charge in [-0.2, -0.15) is 0 Å². The molecule has 3 aromatic rings. The van der Waals surface area contributed by atoms with Crippen LogP contribution in [0.25, 0.3) is 0 Å². The van der Waals surface area contributed by atoms with Crippen LogP contribution in [0.4, 0.5) is 25.8 Å². The molecule has 31 heavy (non-hydrogen) atoms. The van der Waals surface area contributed by atoms with Crippen LogP contribution >= 0.6 is 0 Å². The van der Waals surface area contributed by atoms with E-state index in [1.165, 1.54) is 31.5 Å². The number of rotatable bonds is 8. The molecule has 0 aliphatic rings. The van der Waals surface area contributed by atoms with Crippen molar-refractivity contribution in [3.63, 3.8) is 0 Å². The Morgan fingerprint density at radius 2 is 2.06 bits per heavy atom. The third-order valence-electron chi connectivity index (χ3n) is 4.40. The van der Waals surface area contributed by atoms with E-state index in [9.17, 15) is 18.7 Å². The van der Waals surface area contributed by atoms with Gasteiger partial charge in [-0.3, -0.25) is 10.2 Å². The molecular formula is C20H18F2N6O3. The molecule has 9 nitrogen and oxygen atoms in total. The molecule has 0 aliphatic carbocycles. The fourth-order valence-corrected chi connectivity index (χ4v) is 2.93. The van der Waals surface area contributed by atoms with Crippen molar-refractivity contribution in [3.05, 3.63) is 70.9 Å². The number of amides is 1. The second kappa shape index (κ2) is 9.13. The van der Waals surface area contributed by atoms with Crippen LogP contribution in [0.1, 0.15) is 27.2 Å². The fourth-order valence-electron chi connectivity index (χ4n) is 2.93. The molecule has 0 unspecified atom stereocenters. The van der Waals surface area contributed by atoms with E-state index in [0.717, 1.165) is 12.5 Å². The van der Waals surface area contributed by atoms with Gasteiger partial charge in [0.2, 0.25) is 0 Å². The molecule has 2 aromatic carbocycles.